The van der Waals surface area contributed by atoms with Gasteiger partial charge in [0, 0.05) is 0 Å². The Balaban J connectivity index is 1.86. The Morgan fingerprint density at radius 1 is 1.56 bits per heavy atom. The second-order valence-electron chi connectivity index (χ2n) is 4.42. The number of hydrogen-bond donors (Lipinski definition) is 2. The van der Waals surface area contributed by atoms with Gasteiger partial charge in [0.1, 0.15) is 0 Å². The van der Waals surface area contributed by atoms with Gasteiger partial charge in [-0.2, -0.15) is 0 Å². The van der Waals surface area contributed by atoms with Crippen LogP contribution in [0.15, 0.2) is 11.1 Å². The lowest BCUT2D eigenvalue weighted by molar-refractivity contribution is 0.236. The molecule has 0 bridgehead atoms. The van der Waals surface area contributed by atoms with Crippen LogP contribution < -0.4 is 20.3 Å². The summed E-state index contributed by atoms with van der Waals surface area (Å²) in [6.07, 6.45) is 4.74. The summed E-state index contributed by atoms with van der Waals surface area (Å²) in [5.74, 6) is 1.05. The molecule has 0 radical (unpaired) electrons. The highest BCUT2D eigenvalue weighted by molar-refractivity contribution is 5.29. The van der Waals surface area contributed by atoms with Crippen molar-refractivity contribution in [1.29, 1.82) is 0 Å². The van der Waals surface area contributed by atoms with Crippen LogP contribution in [0.3, 0.4) is 0 Å². The largest absolute Gasteiger partial charge is 0.487 e. The average Bonchev–Trinajstić information content (AvgIpc) is 2.40. The van der Waals surface area contributed by atoms with Crippen LogP contribution in [0.25, 0.3) is 0 Å². The fraction of sp³-hybridized carbons (Fsp3) is 0.667. The molecule has 6 nitrogen and oxygen atoms in total. The molecule has 1 fully saturated rings. The molecule has 1 atom stereocenters. The number of hydrogen-bond acceptors (Lipinski definition) is 5. The number of H-pyrrole nitrogens is 1. The minimum atomic E-state index is -0.318. The molecule has 0 spiro atoms. The predicted octanol–water partition coefficient (Wildman–Crippen LogP) is 0.547. The van der Waals surface area contributed by atoms with Gasteiger partial charge in [0.25, 0.3) is 11.4 Å². The van der Waals surface area contributed by atoms with Crippen LogP contribution in [0.1, 0.15) is 19.3 Å². The highest BCUT2D eigenvalue weighted by Crippen LogP contribution is 2.19. The third kappa shape index (κ3) is 3.22. The fourth-order valence-corrected chi connectivity index (χ4v) is 2.15. The third-order valence-electron chi connectivity index (χ3n) is 3.15. The fourth-order valence-electron chi connectivity index (χ4n) is 2.15. The number of methoxy groups -OCH3 is 1. The van der Waals surface area contributed by atoms with E-state index < -0.39 is 0 Å². The van der Waals surface area contributed by atoms with Gasteiger partial charge in [-0.15, -0.1) is 0 Å². The molecular weight excluding hydrogens is 234 g/mol. The van der Waals surface area contributed by atoms with E-state index in [9.17, 15) is 4.79 Å². The smallest absolute Gasteiger partial charge is 0.297 e. The van der Waals surface area contributed by atoms with E-state index in [4.69, 9.17) is 9.47 Å². The highest BCUT2D eigenvalue weighted by atomic mass is 16.5. The van der Waals surface area contributed by atoms with E-state index in [-0.39, 0.29) is 17.2 Å². The molecule has 18 heavy (non-hydrogen) atoms. The summed E-state index contributed by atoms with van der Waals surface area (Å²) < 4.78 is 10.5. The third-order valence-corrected chi connectivity index (χ3v) is 3.15. The number of nitrogens with zero attached hydrogens (tertiary/aromatic N) is 1. The summed E-state index contributed by atoms with van der Waals surface area (Å²) in [7, 11) is 1.43. The van der Waals surface area contributed by atoms with Crippen molar-refractivity contribution >= 4 is 0 Å². The van der Waals surface area contributed by atoms with Crippen LogP contribution in [0.4, 0.5) is 0 Å². The molecule has 1 saturated heterocycles. The average molecular weight is 253 g/mol. The minimum Gasteiger partial charge on any atom is -0.487 e. The lowest BCUT2D eigenvalue weighted by Gasteiger charge is -2.22. The zero-order valence-electron chi connectivity index (χ0n) is 10.6. The lowest BCUT2D eigenvalue weighted by Crippen LogP contribution is -2.30. The first-order chi connectivity index (χ1) is 8.81. The molecule has 0 saturated carbocycles. The zero-order valence-corrected chi connectivity index (χ0v) is 10.6. The van der Waals surface area contributed by atoms with Crippen LogP contribution in [0.2, 0.25) is 0 Å². The van der Waals surface area contributed by atoms with Crippen molar-refractivity contribution in [3.8, 4) is 11.6 Å². The van der Waals surface area contributed by atoms with E-state index in [2.05, 4.69) is 15.3 Å². The summed E-state index contributed by atoms with van der Waals surface area (Å²) in [5, 5.41) is 3.36. The molecule has 0 aromatic carbocycles. The van der Waals surface area contributed by atoms with Crippen molar-refractivity contribution in [2.24, 2.45) is 5.92 Å². The van der Waals surface area contributed by atoms with Gasteiger partial charge < -0.3 is 19.8 Å². The molecule has 1 unspecified atom stereocenters. The Kier molecular flexibility index (Phi) is 4.58. The van der Waals surface area contributed by atoms with Gasteiger partial charge in [0.15, 0.2) is 0 Å². The summed E-state index contributed by atoms with van der Waals surface area (Å²) >= 11 is 0. The van der Waals surface area contributed by atoms with Crippen molar-refractivity contribution in [1.82, 2.24) is 15.3 Å². The molecule has 2 N–H and O–H groups in total. The number of piperidine rings is 1. The number of nitrogens with one attached hydrogen (secondary N) is 2. The summed E-state index contributed by atoms with van der Waals surface area (Å²) in [4.78, 5) is 17.8. The first kappa shape index (κ1) is 12.9. The normalized spacial score (nSPS) is 19.5. The standard InChI is InChI=1S/C12H19N3O3/c1-17-10-11(16)14-8-15-12(10)18-6-4-9-3-2-5-13-7-9/h8-9,13H,2-7H2,1H3,(H,14,15,16). The van der Waals surface area contributed by atoms with Gasteiger partial charge in [-0.1, -0.05) is 0 Å². The molecule has 1 aromatic rings. The topological polar surface area (TPSA) is 76.2 Å². The van der Waals surface area contributed by atoms with Gasteiger partial charge in [-0.25, -0.2) is 4.98 Å². The molecule has 1 aliphatic rings. The number of aromatic nitrogens is 2. The van der Waals surface area contributed by atoms with Crippen LogP contribution in [0.5, 0.6) is 11.6 Å². The van der Waals surface area contributed by atoms with E-state index in [1.54, 1.807) is 0 Å². The number of aromatic amines is 1. The molecule has 2 rings (SSSR count). The van der Waals surface area contributed by atoms with Crippen LogP contribution in [-0.4, -0.2) is 36.8 Å². The molecule has 1 aliphatic heterocycles. The minimum absolute atomic E-state index is 0.138. The quantitative estimate of drug-likeness (QED) is 0.801. The molecule has 1 aromatic heterocycles. The maximum Gasteiger partial charge on any atom is 0.297 e. The van der Waals surface area contributed by atoms with Gasteiger partial charge in [0.05, 0.1) is 20.0 Å². The Hall–Kier alpha value is -1.56. The first-order valence-corrected chi connectivity index (χ1v) is 6.26. The zero-order chi connectivity index (χ0) is 12.8. The van der Waals surface area contributed by atoms with E-state index >= 15 is 0 Å². The van der Waals surface area contributed by atoms with Crippen LogP contribution >= 0.6 is 0 Å². The number of rotatable bonds is 5. The van der Waals surface area contributed by atoms with Crippen molar-refractivity contribution in [2.45, 2.75) is 19.3 Å². The van der Waals surface area contributed by atoms with Crippen LogP contribution in [0, 0.1) is 5.92 Å². The molecule has 0 amide bonds. The predicted molar refractivity (Wildman–Crippen MR) is 67.1 cm³/mol. The summed E-state index contributed by atoms with van der Waals surface area (Å²) in [6, 6.07) is 0. The van der Waals surface area contributed by atoms with Crippen molar-refractivity contribution in [3.63, 3.8) is 0 Å². The van der Waals surface area contributed by atoms with E-state index in [0.29, 0.717) is 12.5 Å². The molecular formula is C12H19N3O3. The van der Waals surface area contributed by atoms with Crippen molar-refractivity contribution in [2.75, 3.05) is 26.8 Å². The summed E-state index contributed by atoms with van der Waals surface area (Å²) in [6.45, 7) is 2.71. The van der Waals surface area contributed by atoms with Gasteiger partial charge in [-0.05, 0) is 38.3 Å². The Morgan fingerprint density at radius 3 is 3.17 bits per heavy atom. The first-order valence-electron chi connectivity index (χ1n) is 6.26. The lowest BCUT2D eigenvalue weighted by atomic mass is 9.97. The molecule has 0 aliphatic carbocycles. The highest BCUT2D eigenvalue weighted by Gasteiger charge is 2.14. The molecule has 6 heteroatoms. The van der Waals surface area contributed by atoms with Gasteiger partial charge in [0.2, 0.25) is 5.75 Å². The van der Waals surface area contributed by atoms with Crippen molar-refractivity contribution in [3.05, 3.63) is 16.7 Å². The van der Waals surface area contributed by atoms with E-state index in [1.165, 1.54) is 26.3 Å². The van der Waals surface area contributed by atoms with E-state index in [1.807, 2.05) is 0 Å². The Labute approximate surface area is 106 Å². The number of ether oxygens (including phenoxy) is 2. The SMILES string of the molecule is COc1c(OCCC2CCCNC2)nc[nH]c1=O. The maximum absolute atomic E-state index is 11.4. The van der Waals surface area contributed by atoms with Gasteiger partial charge in [-0.3, -0.25) is 4.79 Å². The van der Waals surface area contributed by atoms with Crippen LogP contribution in [-0.2, 0) is 0 Å². The molecule has 100 valence electrons. The molecule has 2 heterocycles. The maximum atomic E-state index is 11.4. The van der Waals surface area contributed by atoms with E-state index in [0.717, 1.165) is 19.5 Å². The monoisotopic (exact) mass is 253 g/mol. The van der Waals surface area contributed by atoms with Gasteiger partial charge >= 0.3 is 0 Å². The Bertz CT molecular complexity index is 427. The summed E-state index contributed by atoms with van der Waals surface area (Å²) in [5.41, 5.74) is -0.318. The second kappa shape index (κ2) is 6.39. The Morgan fingerprint density at radius 2 is 2.44 bits per heavy atom. The second-order valence-corrected chi connectivity index (χ2v) is 4.42. The van der Waals surface area contributed by atoms with Crippen molar-refractivity contribution < 1.29 is 9.47 Å².